The largest absolute Gasteiger partial charge is 0.478 e. The zero-order valence-corrected chi connectivity index (χ0v) is 27.8. The Morgan fingerprint density at radius 2 is 1.44 bits per heavy atom. The Bertz CT molecular complexity index is 2660. The number of aryl methyl sites for hydroxylation is 3. The molecular formula is C36H31N9O5. The zero-order valence-electron chi connectivity index (χ0n) is 27.8. The summed E-state index contributed by atoms with van der Waals surface area (Å²) in [6, 6.07) is 10.9. The van der Waals surface area contributed by atoms with E-state index < -0.39 is 11.9 Å². The standard InChI is InChI=1S/C36H31N9O5/c1-18-33(20(3)42(5)40-18)28-14-39-45-26(8-23(10-30(28)45)32-12-25(17-50-32)36(47)48)15-44-21(4)34(19(2)41-44)27-13-38-43-7-6-22(9-29(27)43)31-11-24(16-49-31)35(37)46/h6-14,16-17H,15H2,1-5H3,(H2,37,46)(H,47,48). The highest BCUT2D eigenvalue weighted by Gasteiger charge is 2.23. The van der Waals surface area contributed by atoms with E-state index in [0.29, 0.717) is 29.2 Å². The van der Waals surface area contributed by atoms with Gasteiger partial charge in [-0.25, -0.2) is 13.8 Å². The van der Waals surface area contributed by atoms with Crippen LogP contribution in [0.15, 0.2) is 76.3 Å². The number of carboxylic acid groups (broad SMARTS) is 1. The number of carboxylic acids is 1. The molecule has 0 fully saturated rings. The number of rotatable bonds is 8. The van der Waals surface area contributed by atoms with Gasteiger partial charge in [-0.05, 0) is 64.1 Å². The quantitative estimate of drug-likeness (QED) is 0.201. The molecule has 0 saturated heterocycles. The third-order valence-electron chi connectivity index (χ3n) is 9.25. The summed E-state index contributed by atoms with van der Waals surface area (Å²) in [6.07, 6.45) is 8.07. The number of aromatic nitrogens is 8. The van der Waals surface area contributed by atoms with Crippen LogP contribution in [0.3, 0.4) is 0 Å². The Hall–Kier alpha value is -6.70. The van der Waals surface area contributed by atoms with Crippen LogP contribution in [0.1, 0.15) is 49.2 Å². The van der Waals surface area contributed by atoms with Gasteiger partial charge in [-0.15, -0.1) is 0 Å². The molecule has 3 N–H and O–H groups in total. The number of amides is 1. The maximum absolute atomic E-state index is 11.7. The molecule has 0 aliphatic carbocycles. The van der Waals surface area contributed by atoms with Crippen LogP contribution in [0.4, 0.5) is 0 Å². The van der Waals surface area contributed by atoms with E-state index in [9.17, 15) is 14.7 Å². The SMILES string of the molecule is Cc1nn(C)c(C)c1-c1cnn2c(Cn3nc(C)c(-c4cnn5ccc(-c6cc(C(N)=O)co6)cc45)c3C)cc(-c3cc(C(=O)O)co3)cc12. The minimum absolute atomic E-state index is 0.0641. The Kier molecular flexibility index (Phi) is 6.85. The minimum atomic E-state index is -1.07. The minimum Gasteiger partial charge on any atom is -0.478 e. The van der Waals surface area contributed by atoms with Gasteiger partial charge in [-0.1, -0.05) is 0 Å². The number of hydrogen-bond acceptors (Lipinski definition) is 8. The molecule has 0 aromatic carbocycles. The van der Waals surface area contributed by atoms with Crippen LogP contribution in [-0.4, -0.2) is 55.8 Å². The van der Waals surface area contributed by atoms with E-state index in [1.165, 1.54) is 18.6 Å². The fourth-order valence-corrected chi connectivity index (χ4v) is 6.70. The van der Waals surface area contributed by atoms with Gasteiger partial charge >= 0.3 is 5.97 Å². The summed E-state index contributed by atoms with van der Waals surface area (Å²) in [5.41, 5.74) is 17.0. The molecule has 8 heterocycles. The second kappa shape index (κ2) is 11.2. The van der Waals surface area contributed by atoms with Crippen LogP contribution >= 0.6 is 0 Å². The number of carbonyl (C=O) groups is 2. The molecule has 0 unspecified atom stereocenters. The van der Waals surface area contributed by atoms with Crippen LogP contribution in [-0.2, 0) is 13.6 Å². The van der Waals surface area contributed by atoms with E-state index in [1.807, 2.05) is 91.5 Å². The molecule has 0 spiro atoms. The summed E-state index contributed by atoms with van der Waals surface area (Å²) in [7, 11) is 1.91. The number of nitrogens with zero attached hydrogens (tertiary/aromatic N) is 8. The van der Waals surface area contributed by atoms with Gasteiger partial charge in [0.25, 0.3) is 5.91 Å². The smallest absolute Gasteiger partial charge is 0.338 e. The van der Waals surface area contributed by atoms with Gasteiger partial charge in [-0.2, -0.15) is 20.4 Å². The van der Waals surface area contributed by atoms with Crippen LogP contribution in [0.2, 0.25) is 0 Å². The van der Waals surface area contributed by atoms with E-state index in [4.69, 9.17) is 24.8 Å². The highest BCUT2D eigenvalue weighted by Crippen LogP contribution is 2.36. The number of carbonyl (C=O) groups excluding carboxylic acids is 1. The molecule has 50 heavy (non-hydrogen) atoms. The van der Waals surface area contributed by atoms with Crippen molar-refractivity contribution < 1.29 is 23.5 Å². The van der Waals surface area contributed by atoms with Gasteiger partial charge in [0.2, 0.25) is 0 Å². The van der Waals surface area contributed by atoms with E-state index in [0.717, 1.165) is 67.3 Å². The van der Waals surface area contributed by atoms with Crippen molar-refractivity contribution in [2.75, 3.05) is 0 Å². The van der Waals surface area contributed by atoms with Crippen molar-refractivity contribution in [2.45, 2.75) is 34.2 Å². The lowest BCUT2D eigenvalue weighted by Crippen LogP contribution is -2.09. The fraction of sp³-hybridized carbons (Fsp3) is 0.167. The first-order valence-electron chi connectivity index (χ1n) is 15.7. The summed E-state index contributed by atoms with van der Waals surface area (Å²) in [4.78, 5) is 23.3. The van der Waals surface area contributed by atoms with Gasteiger partial charge in [0.1, 0.15) is 24.0 Å². The second-order valence-electron chi connectivity index (χ2n) is 12.3. The Morgan fingerprint density at radius 3 is 2.12 bits per heavy atom. The molecular weight excluding hydrogens is 638 g/mol. The van der Waals surface area contributed by atoms with Crippen LogP contribution in [0, 0.1) is 27.7 Å². The molecule has 0 aliphatic heterocycles. The lowest BCUT2D eigenvalue weighted by molar-refractivity contribution is 0.0695. The summed E-state index contributed by atoms with van der Waals surface area (Å²) in [5.74, 6) is -0.685. The molecule has 1 amide bonds. The molecule has 0 aliphatic rings. The molecule has 250 valence electrons. The first-order valence-corrected chi connectivity index (χ1v) is 15.7. The first kappa shape index (κ1) is 30.6. The third kappa shape index (κ3) is 4.79. The molecule has 0 bridgehead atoms. The number of furan rings is 2. The molecule has 0 atom stereocenters. The van der Waals surface area contributed by atoms with E-state index in [-0.39, 0.29) is 5.56 Å². The molecule has 0 radical (unpaired) electrons. The summed E-state index contributed by atoms with van der Waals surface area (Å²) in [6.45, 7) is 8.30. The Morgan fingerprint density at radius 1 is 0.800 bits per heavy atom. The second-order valence-corrected chi connectivity index (χ2v) is 12.3. The molecule has 14 heteroatoms. The van der Waals surface area contributed by atoms with Gasteiger partial charge in [0.05, 0.1) is 58.2 Å². The maximum Gasteiger partial charge on any atom is 0.338 e. The molecule has 14 nitrogen and oxygen atoms in total. The normalized spacial score (nSPS) is 11.7. The summed E-state index contributed by atoms with van der Waals surface area (Å²) in [5, 5.41) is 28.5. The van der Waals surface area contributed by atoms with Crippen molar-refractivity contribution in [3.05, 3.63) is 107 Å². The van der Waals surface area contributed by atoms with Gasteiger partial charge in [0, 0.05) is 58.0 Å². The van der Waals surface area contributed by atoms with Crippen LogP contribution in [0.25, 0.3) is 55.9 Å². The lowest BCUT2D eigenvalue weighted by atomic mass is 10.0. The number of pyridine rings is 2. The molecule has 8 rings (SSSR count). The predicted molar refractivity (Wildman–Crippen MR) is 183 cm³/mol. The monoisotopic (exact) mass is 669 g/mol. The average Bonchev–Trinajstić information content (AvgIpc) is 3.93. The topological polar surface area (TPSA) is 177 Å². The van der Waals surface area contributed by atoms with Crippen molar-refractivity contribution in [3.8, 4) is 44.9 Å². The Labute approximate surface area is 284 Å². The number of hydrogen-bond donors (Lipinski definition) is 2. The van der Waals surface area contributed by atoms with Crippen LogP contribution in [0.5, 0.6) is 0 Å². The lowest BCUT2D eigenvalue weighted by Gasteiger charge is -2.11. The predicted octanol–water partition coefficient (Wildman–Crippen LogP) is 5.85. The molecule has 8 aromatic rings. The van der Waals surface area contributed by atoms with Crippen molar-refractivity contribution in [2.24, 2.45) is 12.8 Å². The van der Waals surface area contributed by atoms with E-state index in [2.05, 4.69) is 10.2 Å². The van der Waals surface area contributed by atoms with Gasteiger partial charge in [-0.3, -0.25) is 14.2 Å². The number of fused-ring (bicyclic) bond motifs is 2. The number of primary amides is 1. The van der Waals surface area contributed by atoms with Gasteiger partial charge < -0.3 is 19.7 Å². The number of aromatic carboxylic acids is 1. The van der Waals surface area contributed by atoms with Crippen LogP contribution < -0.4 is 5.73 Å². The summed E-state index contributed by atoms with van der Waals surface area (Å²) < 4.78 is 18.8. The highest BCUT2D eigenvalue weighted by molar-refractivity contribution is 5.94. The third-order valence-corrected chi connectivity index (χ3v) is 9.25. The zero-order chi connectivity index (χ0) is 35.0. The molecule has 0 saturated carbocycles. The van der Waals surface area contributed by atoms with E-state index >= 15 is 0 Å². The molecule has 8 aromatic heterocycles. The average molecular weight is 670 g/mol. The van der Waals surface area contributed by atoms with Crippen molar-refractivity contribution >= 4 is 22.9 Å². The van der Waals surface area contributed by atoms with Crippen molar-refractivity contribution in [1.29, 1.82) is 0 Å². The first-order chi connectivity index (χ1) is 24.0. The van der Waals surface area contributed by atoms with Crippen molar-refractivity contribution in [3.63, 3.8) is 0 Å². The summed E-state index contributed by atoms with van der Waals surface area (Å²) >= 11 is 0. The highest BCUT2D eigenvalue weighted by atomic mass is 16.4. The maximum atomic E-state index is 11.7. The Balaban J connectivity index is 1.24. The van der Waals surface area contributed by atoms with Gasteiger partial charge in [0.15, 0.2) is 0 Å². The fourth-order valence-electron chi connectivity index (χ4n) is 6.70. The van der Waals surface area contributed by atoms with E-state index in [1.54, 1.807) is 10.6 Å². The number of nitrogens with two attached hydrogens (primary N) is 1. The van der Waals surface area contributed by atoms with Crippen molar-refractivity contribution in [1.82, 2.24) is 38.8 Å².